The van der Waals surface area contributed by atoms with Crippen molar-refractivity contribution in [3.63, 3.8) is 0 Å². The van der Waals surface area contributed by atoms with Crippen molar-refractivity contribution in [2.24, 2.45) is 0 Å². The van der Waals surface area contributed by atoms with E-state index in [2.05, 4.69) is 18.8 Å². The summed E-state index contributed by atoms with van der Waals surface area (Å²) >= 11 is 0. The maximum Gasteiger partial charge on any atom is 0.254 e. The zero-order chi connectivity index (χ0) is 18.5. The van der Waals surface area contributed by atoms with Crippen LogP contribution in [0.15, 0.2) is 54.6 Å². The molecule has 0 radical (unpaired) electrons. The van der Waals surface area contributed by atoms with Gasteiger partial charge < -0.3 is 4.90 Å². The average molecular weight is 350 g/mol. The van der Waals surface area contributed by atoms with Crippen LogP contribution in [0.5, 0.6) is 0 Å². The predicted molar refractivity (Wildman–Crippen MR) is 104 cm³/mol. The van der Waals surface area contributed by atoms with Gasteiger partial charge >= 0.3 is 0 Å². The second kappa shape index (κ2) is 8.09. The second-order valence-corrected chi connectivity index (χ2v) is 6.37. The Bertz CT molecular complexity index is 903. The van der Waals surface area contributed by atoms with E-state index in [1.165, 1.54) is 12.1 Å². The number of aromatic nitrogens is 1. The van der Waals surface area contributed by atoms with E-state index in [-0.39, 0.29) is 11.7 Å². The van der Waals surface area contributed by atoms with Gasteiger partial charge in [0.15, 0.2) is 0 Å². The maximum atomic E-state index is 13.8. The number of carbonyl (C=O) groups excluding carboxylic acids is 1. The number of carbonyl (C=O) groups is 1. The molecule has 0 fully saturated rings. The smallest absolute Gasteiger partial charge is 0.254 e. The van der Waals surface area contributed by atoms with E-state index in [4.69, 9.17) is 0 Å². The van der Waals surface area contributed by atoms with E-state index < -0.39 is 0 Å². The Morgan fingerprint density at radius 1 is 1.00 bits per heavy atom. The summed E-state index contributed by atoms with van der Waals surface area (Å²) in [5.41, 5.74) is 2.80. The lowest BCUT2D eigenvalue weighted by Gasteiger charge is -2.22. The molecule has 0 saturated carbocycles. The molecule has 0 N–H and O–H groups in total. The molecule has 0 atom stereocenters. The van der Waals surface area contributed by atoms with E-state index in [1.807, 2.05) is 35.2 Å². The molecule has 0 bridgehead atoms. The summed E-state index contributed by atoms with van der Waals surface area (Å²) in [6, 6.07) is 16.0. The standard InChI is InChI=1S/C22H23FN2O/c1-3-12-25(13-4-2)22(26)19-15-21(16-8-6-5-7-9-16)24-20-11-10-17(23)14-18(19)20/h5-11,14-15H,3-4,12-13H2,1-2H3. The highest BCUT2D eigenvalue weighted by Gasteiger charge is 2.19. The Labute approximate surface area is 153 Å². The van der Waals surface area contributed by atoms with E-state index in [9.17, 15) is 9.18 Å². The third-order valence-electron chi connectivity index (χ3n) is 4.34. The van der Waals surface area contributed by atoms with Crippen molar-refractivity contribution in [1.29, 1.82) is 0 Å². The number of hydrogen-bond acceptors (Lipinski definition) is 2. The van der Waals surface area contributed by atoms with Gasteiger partial charge in [-0.3, -0.25) is 4.79 Å². The molecule has 1 amide bonds. The van der Waals surface area contributed by atoms with Gasteiger partial charge in [-0.1, -0.05) is 44.2 Å². The summed E-state index contributed by atoms with van der Waals surface area (Å²) in [5.74, 6) is -0.428. The molecule has 2 aromatic carbocycles. The number of pyridine rings is 1. The van der Waals surface area contributed by atoms with Crippen LogP contribution in [0.3, 0.4) is 0 Å². The lowest BCUT2D eigenvalue weighted by atomic mass is 10.0. The third kappa shape index (κ3) is 3.74. The topological polar surface area (TPSA) is 33.2 Å². The fourth-order valence-electron chi connectivity index (χ4n) is 3.16. The van der Waals surface area contributed by atoms with E-state index in [0.717, 1.165) is 24.1 Å². The maximum absolute atomic E-state index is 13.8. The van der Waals surface area contributed by atoms with Crippen molar-refractivity contribution in [3.05, 3.63) is 66.0 Å². The van der Waals surface area contributed by atoms with Crippen LogP contribution in [0, 0.1) is 5.82 Å². The first kappa shape index (κ1) is 18.1. The summed E-state index contributed by atoms with van der Waals surface area (Å²) in [4.78, 5) is 19.7. The number of benzene rings is 2. The van der Waals surface area contributed by atoms with Crippen LogP contribution in [-0.4, -0.2) is 28.9 Å². The van der Waals surface area contributed by atoms with Gasteiger partial charge in [0.2, 0.25) is 0 Å². The molecule has 26 heavy (non-hydrogen) atoms. The van der Waals surface area contributed by atoms with Crippen molar-refractivity contribution < 1.29 is 9.18 Å². The Kier molecular flexibility index (Phi) is 5.61. The zero-order valence-electron chi connectivity index (χ0n) is 15.2. The Morgan fingerprint density at radius 3 is 2.35 bits per heavy atom. The zero-order valence-corrected chi connectivity index (χ0v) is 15.2. The van der Waals surface area contributed by atoms with Gasteiger partial charge in [-0.15, -0.1) is 0 Å². The molecule has 0 unspecified atom stereocenters. The van der Waals surface area contributed by atoms with Crippen molar-refractivity contribution in [2.45, 2.75) is 26.7 Å². The number of fused-ring (bicyclic) bond motifs is 1. The van der Waals surface area contributed by atoms with Crippen molar-refractivity contribution in [2.75, 3.05) is 13.1 Å². The summed E-state index contributed by atoms with van der Waals surface area (Å²) in [7, 11) is 0. The SMILES string of the molecule is CCCN(CCC)C(=O)c1cc(-c2ccccc2)nc2ccc(F)cc12. The molecule has 1 aromatic heterocycles. The normalized spacial score (nSPS) is 10.9. The molecule has 0 aliphatic heterocycles. The average Bonchev–Trinajstić information content (AvgIpc) is 2.67. The first-order valence-electron chi connectivity index (χ1n) is 9.09. The van der Waals surface area contributed by atoms with Crippen LogP contribution < -0.4 is 0 Å². The molecular formula is C22H23FN2O. The van der Waals surface area contributed by atoms with Crippen LogP contribution >= 0.6 is 0 Å². The quantitative estimate of drug-likeness (QED) is 0.604. The first-order chi connectivity index (χ1) is 12.6. The summed E-state index contributed by atoms with van der Waals surface area (Å²) in [5, 5.41) is 0.562. The van der Waals surface area contributed by atoms with Gasteiger partial charge in [0.05, 0.1) is 16.8 Å². The molecule has 0 aliphatic carbocycles. The van der Waals surface area contributed by atoms with Crippen molar-refractivity contribution in [3.8, 4) is 11.3 Å². The Balaban J connectivity index is 2.17. The van der Waals surface area contributed by atoms with Crippen LogP contribution in [0.1, 0.15) is 37.0 Å². The molecule has 0 spiro atoms. The number of amides is 1. The molecule has 134 valence electrons. The molecule has 3 nitrogen and oxygen atoms in total. The van der Waals surface area contributed by atoms with E-state index in [0.29, 0.717) is 29.6 Å². The summed E-state index contributed by atoms with van der Waals surface area (Å²) < 4.78 is 13.8. The van der Waals surface area contributed by atoms with Crippen LogP contribution in [0.25, 0.3) is 22.2 Å². The number of halogens is 1. The minimum absolute atomic E-state index is 0.0659. The highest BCUT2D eigenvalue weighted by Crippen LogP contribution is 2.26. The van der Waals surface area contributed by atoms with Crippen LogP contribution in [-0.2, 0) is 0 Å². The third-order valence-corrected chi connectivity index (χ3v) is 4.34. The van der Waals surface area contributed by atoms with Gasteiger partial charge in [-0.2, -0.15) is 0 Å². The molecule has 4 heteroatoms. The second-order valence-electron chi connectivity index (χ2n) is 6.37. The molecule has 0 aliphatic rings. The Morgan fingerprint density at radius 2 is 1.69 bits per heavy atom. The van der Waals surface area contributed by atoms with E-state index in [1.54, 1.807) is 12.1 Å². The van der Waals surface area contributed by atoms with Gasteiger partial charge in [0, 0.05) is 24.0 Å². The van der Waals surface area contributed by atoms with Crippen molar-refractivity contribution in [1.82, 2.24) is 9.88 Å². The van der Waals surface area contributed by atoms with Gasteiger partial charge in [-0.25, -0.2) is 9.37 Å². The first-order valence-corrected chi connectivity index (χ1v) is 9.09. The Hall–Kier alpha value is -2.75. The van der Waals surface area contributed by atoms with Gasteiger partial charge in [0.1, 0.15) is 5.82 Å². The van der Waals surface area contributed by atoms with Crippen molar-refractivity contribution >= 4 is 16.8 Å². The molecule has 3 rings (SSSR count). The number of rotatable bonds is 6. The lowest BCUT2D eigenvalue weighted by molar-refractivity contribution is 0.0757. The minimum atomic E-state index is -0.363. The lowest BCUT2D eigenvalue weighted by Crippen LogP contribution is -2.32. The monoisotopic (exact) mass is 350 g/mol. The summed E-state index contributed by atoms with van der Waals surface area (Å²) in [6.45, 7) is 5.48. The van der Waals surface area contributed by atoms with Gasteiger partial charge in [0.25, 0.3) is 5.91 Å². The predicted octanol–water partition coefficient (Wildman–Crippen LogP) is 5.30. The molecule has 3 aromatic rings. The van der Waals surface area contributed by atoms with Crippen LogP contribution in [0.2, 0.25) is 0 Å². The fourth-order valence-corrected chi connectivity index (χ4v) is 3.16. The number of hydrogen-bond donors (Lipinski definition) is 0. The molecule has 0 saturated heterocycles. The molecular weight excluding hydrogens is 327 g/mol. The van der Waals surface area contributed by atoms with E-state index >= 15 is 0 Å². The highest BCUT2D eigenvalue weighted by atomic mass is 19.1. The van der Waals surface area contributed by atoms with Crippen LogP contribution in [0.4, 0.5) is 4.39 Å². The summed E-state index contributed by atoms with van der Waals surface area (Å²) in [6.07, 6.45) is 1.77. The van der Waals surface area contributed by atoms with Gasteiger partial charge in [-0.05, 0) is 37.1 Å². The minimum Gasteiger partial charge on any atom is -0.339 e. The number of nitrogens with zero attached hydrogens (tertiary/aromatic N) is 2. The fraction of sp³-hybridized carbons (Fsp3) is 0.273. The highest BCUT2D eigenvalue weighted by molar-refractivity contribution is 6.07. The molecule has 1 heterocycles. The largest absolute Gasteiger partial charge is 0.339 e.